The first-order valence-corrected chi connectivity index (χ1v) is 10.3. The zero-order valence-electron chi connectivity index (χ0n) is 15.7. The lowest BCUT2D eigenvalue weighted by atomic mass is 10.1. The second-order valence-electron chi connectivity index (χ2n) is 6.95. The molecule has 0 aliphatic carbocycles. The molecule has 3 rings (SSSR count). The van der Waals surface area contributed by atoms with Gasteiger partial charge in [-0.05, 0) is 26.7 Å². The molecule has 3 heterocycles. The van der Waals surface area contributed by atoms with E-state index in [4.69, 9.17) is 4.52 Å². The molecule has 0 saturated carbocycles. The molecule has 0 amide bonds. The van der Waals surface area contributed by atoms with Gasteiger partial charge in [-0.3, -0.25) is 4.68 Å². The van der Waals surface area contributed by atoms with Crippen molar-refractivity contribution in [2.24, 2.45) is 7.05 Å². The van der Waals surface area contributed by atoms with E-state index >= 15 is 0 Å². The van der Waals surface area contributed by atoms with Gasteiger partial charge in [0.15, 0.2) is 5.82 Å². The minimum atomic E-state index is -3.60. The molecule has 0 aromatic carbocycles. The molecule has 2 aromatic rings. The van der Waals surface area contributed by atoms with Gasteiger partial charge in [0, 0.05) is 32.9 Å². The molecule has 1 atom stereocenters. The van der Waals surface area contributed by atoms with Crippen molar-refractivity contribution in [3.05, 3.63) is 18.2 Å². The van der Waals surface area contributed by atoms with Crippen molar-refractivity contribution in [2.75, 3.05) is 13.6 Å². The van der Waals surface area contributed by atoms with Crippen molar-refractivity contribution in [1.29, 1.82) is 0 Å². The van der Waals surface area contributed by atoms with E-state index in [1.54, 1.807) is 24.1 Å². The van der Waals surface area contributed by atoms with E-state index in [0.29, 0.717) is 30.2 Å². The molecule has 2 aromatic heterocycles. The summed E-state index contributed by atoms with van der Waals surface area (Å²) in [5.74, 6) is 0.762. The Bertz CT molecular complexity index is 844. The fourth-order valence-corrected chi connectivity index (χ4v) is 4.81. The van der Waals surface area contributed by atoms with E-state index in [9.17, 15) is 8.42 Å². The molecule has 0 radical (unpaired) electrons. The predicted molar refractivity (Wildman–Crippen MR) is 96.2 cm³/mol. The van der Waals surface area contributed by atoms with Gasteiger partial charge in [0.1, 0.15) is 0 Å². The first-order valence-electron chi connectivity index (χ1n) is 8.88. The van der Waals surface area contributed by atoms with Gasteiger partial charge in [-0.1, -0.05) is 18.0 Å². The smallest absolute Gasteiger partial charge is 0.282 e. The molecule has 26 heavy (non-hydrogen) atoms. The van der Waals surface area contributed by atoms with Crippen LogP contribution in [-0.4, -0.2) is 56.6 Å². The lowest BCUT2D eigenvalue weighted by molar-refractivity contribution is 0.272. The van der Waals surface area contributed by atoms with Crippen molar-refractivity contribution < 1.29 is 12.9 Å². The SMILES string of the molecule is CC(C)N(C)S(=O)(=O)N1CCCCC[C@H]1c1noc(-c2cnn(C)c2)n1. The molecule has 1 fully saturated rings. The average Bonchev–Trinajstić information content (AvgIpc) is 3.16. The molecular weight excluding hydrogens is 356 g/mol. The van der Waals surface area contributed by atoms with E-state index in [1.165, 1.54) is 8.61 Å². The zero-order chi connectivity index (χ0) is 18.9. The Balaban J connectivity index is 1.94. The Kier molecular flexibility index (Phi) is 5.44. The third-order valence-corrected chi connectivity index (χ3v) is 6.96. The number of hydrogen-bond acceptors (Lipinski definition) is 6. The lowest BCUT2D eigenvalue weighted by Gasteiger charge is -2.32. The van der Waals surface area contributed by atoms with E-state index in [2.05, 4.69) is 15.2 Å². The Morgan fingerprint density at radius 1 is 1.31 bits per heavy atom. The van der Waals surface area contributed by atoms with Crippen LogP contribution in [0, 0.1) is 0 Å². The fourth-order valence-electron chi connectivity index (χ4n) is 3.07. The summed E-state index contributed by atoms with van der Waals surface area (Å²) >= 11 is 0. The van der Waals surface area contributed by atoms with Crippen LogP contribution in [-0.2, 0) is 17.3 Å². The highest BCUT2D eigenvalue weighted by molar-refractivity contribution is 7.86. The Morgan fingerprint density at radius 3 is 2.73 bits per heavy atom. The fraction of sp³-hybridized carbons (Fsp3) is 0.688. The van der Waals surface area contributed by atoms with Crippen molar-refractivity contribution in [3.8, 4) is 11.5 Å². The van der Waals surface area contributed by atoms with E-state index < -0.39 is 16.3 Å². The maximum Gasteiger partial charge on any atom is 0.282 e. The van der Waals surface area contributed by atoms with Gasteiger partial charge in [0.25, 0.3) is 16.1 Å². The summed E-state index contributed by atoms with van der Waals surface area (Å²) in [6, 6.07) is -0.544. The summed E-state index contributed by atoms with van der Waals surface area (Å²) in [7, 11) is -0.187. The van der Waals surface area contributed by atoms with Crippen LogP contribution in [0.3, 0.4) is 0 Å². The van der Waals surface area contributed by atoms with Gasteiger partial charge >= 0.3 is 0 Å². The van der Waals surface area contributed by atoms with Gasteiger partial charge in [0.05, 0.1) is 17.8 Å². The van der Waals surface area contributed by atoms with Crippen LogP contribution in [0.5, 0.6) is 0 Å². The maximum atomic E-state index is 13.1. The van der Waals surface area contributed by atoms with Crippen molar-refractivity contribution in [2.45, 2.75) is 51.6 Å². The molecule has 1 aliphatic rings. The minimum absolute atomic E-state index is 0.125. The second kappa shape index (κ2) is 7.45. The normalized spacial score (nSPS) is 20.0. The van der Waals surface area contributed by atoms with Crippen LogP contribution in [0.1, 0.15) is 51.4 Å². The van der Waals surface area contributed by atoms with Gasteiger partial charge in [0.2, 0.25) is 0 Å². The summed E-state index contributed by atoms with van der Waals surface area (Å²) in [6.07, 6.45) is 6.85. The molecule has 1 aliphatic heterocycles. The van der Waals surface area contributed by atoms with Crippen LogP contribution in [0.15, 0.2) is 16.9 Å². The zero-order valence-corrected chi connectivity index (χ0v) is 16.5. The highest BCUT2D eigenvalue weighted by Gasteiger charge is 2.38. The van der Waals surface area contributed by atoms with Crippen LogP contribution in [0.2, 0.25) is 0 Å². The Labute approximate surface area is 154 Å². The summed E-state index contributed by atoms with van der Waals surface area (Å²) in [5.41, 5.74) is 0.716. The van der Waals surface area contributed by atoms with Gasteiger partial charge in [-0.25, -0.2) is 0 Å². The molecule has 9 nitrogen and oxygen atoms in total. The number of hydrogen-bond donors (Lipinski definition) is 0. The first kappa shape index (κ1) is 19.0. The molecule has 1 saturated heterocycles. The van der Waals surface area contributed by atoms with Crippen LogP contribution in [0.25, 0.3) is 11.5 Å². The van der Waals surface area contributed by atoms with Gasteiger partial charge < -0.3 is 4.52 Å². The van der Waals surface area contributed by atoms with E-state index in [-0.39, 0.29) is 6.04 Å². The van der Waals surface area contributed by atoms with Crippen LogP contribution in [0.4, 0.5) is 0 Å². The number of aryl methyl sites for hydroxylation is 1. The highest BCUT2D eigenvalue weighted by atomic mass is 32.2. The topological polar surface area (TPSA) is 97.4 Å². The number of nitrogens with zero attached hydrogens (tertiary/aromatic N) is 6. The molecule has 0 N–H and O–H groups in total. The van der Waals surface area contributed by atoms with Crippen molar-refractivity contribution in [3.63, 3.8) is 0 Å². The molecule has 0 unspecified atom stereocenters. The quantitative estimate of drug-likeness (QED) is 0.784. The third kappa shape index (κ3) is 3.67. The standard InChI is InChI=1S/C16H26N6O3S/c1-12(2)21(4)26(23,24)22-9-7-5-6-8-14(22)15-18-16(25-19-15)13-10-17-20(3)11-13/h10-12,14H,5-9H2,1-4H3/t14-/m0/s1. The summed E-state index contributed by atoms with van der Waals surface area (Å²) in [4.78, 5) is 4.47. The predicted octanol–water partition coefficient (Wildman–Crippen LogP) is 1.97. The lowest BCUT2D eigenvalue weighted by Crippen LogP contribution is -2.46. The Hall–Kier alpha value is -1.78. The largest absolute Gasteiger partial charge is 0.334 e. The van der Waals surface area contributed by atoms with E-state index in [0.717, 1.165) is 19.3 Å². The highest BCUT2D eigenvalue weighted by Crippen LogP contribution is 2.33. The molecule has 0 spiro atoms. The average molecular weight is 382 g/mol. The summed E-state index contributed by atoms with van der Waals surface area (Å²) < 4.78 is 36.1. The van der Waals surface area contributed by atoms with E-state index in [1.807, 2.05) is 20.9 Å². The number of aromatic nitrogens is 4. The van der Waals surface area contributed by atoms with Crippen LogP contribution < -0.4 is 0 Å². The maximum absolute atomic E-state index is 13.1. The molecule has 0 bridgehead atoms. The summed E-state index contributed by atoms with van der Waals surface area (Å²) in [5, 5.41) is 8.19. The minimum Gasteiger partial charge on any atom is -0.334 e. The van der Waals surface area contributed by atoms with Gasteiger partial charge in [-0.2, -0.15) is 27.1 Å². The molecular formula is C16H26N6O3S. The summed E-state index contributed by atoms with van der Waals surface area (Å²) in [6.45, 7) is 4.18. The second-order valence-corrected chi connectivity index (χ2v) is 8.89. The molecule has 10 heteroatoms. The monoisotopic (exact) mass is 382 g/mol. The first-order chi connectivity index (χ1) is 12.3. The Morgan fingerprint density at radius 2 is 2.08 bits per heavy atom. The van der Waals surface area contributed by atoms with Crippen molar-refractivity contribution >= 4 is 10.2 Å². The van der Waals surface area contributed by atoms with Crippen LogP contribution >= 0.6 is 0 Å². The van der Waals surface area contributed by atoms with Gasteiger partial charge in [-0.15, -0.1) is 0 Å². The van der Waals surface area contributed by atoms with Crippen molar-refractivity contribution in [1.82, 2.24) is 28.5 Å². The molecule has 144 valence electrons. The third-order valence-electron chi connectivity index (χ3n) is 4.78. The number of rotatable bonds is 5.